The molecule has 1 aliphatic carbocycles. The van der Waals surface area contributed by atoms with Gasteiger partial charge in [-0.05, 0) is 25.0 Å². The standard InChI is InChI=1S/C20H28N6/c1-2-4-16(5-3-1)24-10-12-25(13-11-24)17-14-26(15-17)19-7-6-18-20(23-19)22-9-8-21-18/h6-9,16-17H,1-5,10-15H2. The maximum absolute atomic E-state index is 4.68. The van der Waals surface area contributed by atoms with Gasteiger partial charge < -0.3 is 4.90 Å². The number of hydrogen-bond acceptors (Lipinski definition) is 6. The summed E-state index contributed by atoms with van der Waals surface area (Å²) >= 11 is 0. The normalized spacial score (nSPS) is 24.1. The molecule has 6 heteroatoms. The van der Waals surface area contributed by atoms with E-state index in [1.165, 1.54) is 58.3 Å². The number of anilines is 1. The van der Waals surface area contributed by atoms with Crippen molar-refractivity contribution in [3.05, 3.63) is 24.5 Å². The Morgan fingerprint density at radius 2 is 1.46 bits per heavy atom. The molecule has 1 saturated carbocycles. The number of fused-ring (bicyclic) bond motifs is 1. The van der Waals surface area contributed by atoms with E-state index in [0.717, 1.165) is 36.1 Å². The van der Waals surface area contributed by atoms with Crippen LogP contribution in [0.25, 0.3) is 11.2 Å². The van der Waals surface area contributed by atoms with Crippen LogP contribution in [0.2, 0.25) is 0 Å². The second-order valence-corrected chi connectivity index (χ2v) is 7.99. The average molecular weight is 352 g/mol. The number of hydrogen-bond donors (Lipinski definition) is 0. The number of piperazine rings is 1. The third kappa shape index (κ3) is 3.16. The quantitative estimate of drug-likeness (QED) is 0.844. The third-order valence-electron chi connectivity index (χ3n) is 6.46. The summed E-state index contributed by atoms with van der Waals surface area (Å²) in [6.07, 6.45) is 10.6. The van der Waals surface area contributed by atoms with Crippen LogP contribution >= 0.6 is 0 Å². The maximum Gasteiger partial charge on any atom is 0.180 e. The second-order valence-electron chi connectivity index (χ2n) is 7.99. The molecule has 3 aliphatic rings. The van der Waals surface area contributed by atoms with Crippen molar-refractivity contribution >= 4 is 17.0 Å². The van der Waals surface area contributed by atoms with Gasteiger partial charge in [-0.25, -0.2) is 9.97 Å². The zero-order valence-electron chi connectivity index (χ0n) is 15.4. The molecule has 5 rings (SSSR count). The lowest BCUT2D eigenvalue weighted by Gasteiger charge is -2.49. The van der Waals surface area contributed by atoms with Gasteiger partial charge in [0.1, 0.15) is 11.3 Å². The molecule has 4 heterocycles. The molecule has 0 N–H and O–H groups in total. The largest absolute Gasteiger partial charge is 0.353 e. The van der Waals surface area contributed by atoms with E-state index >= 15 is 0 Å². The molecule has 2 aliphatic heterocycles. The molecule has 26 heavy (non-hydrogen) atoms. The van der Waals surface area contributed by atoms with Crippen molar-refractivity contribution in [2.24, 2.45) is 0 Å². The number of nitrogens with zero attached hydrogens (tertiary/aromatic N) is 6. The molecular formula is C20H28N6. The van der Waals surface area contributed by atoms with E-state index in [1.807, 2.05) is 6.07 Å². The van der Waals surface area contributed by atoms with E-state index in [0.29, 0.717) is 6.04 Å². The van der Waals surface area contributed by atoms with Crippen molar-refractivity contribution in [3.8, 4) is 0 Å². The Labute approximate surface area is 155 Å². The van der Waals surface area contributed by atoms with E-state index in [2.05, 4.69) is 35.7 Å². The predicted molar refractivity (Wildman–Crippen MR) is 103 cm³/mol. The van der Waals surface area contributed by atoms with Gasteiger partial charge in [0.2, 0.25) is 0 Å². The molecule has 0 unspecified atom stereocenters. The molecule has 138 valence electrons. The van der Waals surface area contributed by atoms with Crippen LogP contribution in [-0.4, -0.2) is 76.1 Å². The van der Waals surface area contributed by atoms with Crippen LogP contribution < -0.4 is 4.90 Å². The van der Waals surface area contributed by atoms with Gasteiger partial charge in [0.15, 0.2) is 5.65 Å². The van der Waals surface area contributed by atoms with Crippen LogP contribution in [-0.2, 0) is 0 Å². The van der Waals surface area contributed by atoms with Gasteiger partial charge in [-0.2, -0.15) is 0 Å². The molecule has 0 amide bonds. The molecule has 3 fully saturated rings. The Hall–Kier alpha value is -1.79. The van der Waals surface area contributed by atoms with Crippen molar-refractivity contribution < 1.29 is 0 Å². The molecule has 2 saturated heterocycles. The van der Waals surface area contributed by atoms with Crippen LogP contribution in [0.4, 0.5) is 5.82 Å². The Balaban J connectivity index is 1.14. The van der Waals surface area contributed by atoms with Crippen molar-refractivity contribution in [1.82, 2.24) is 24.8 Å². The maximum atomic E-state index is 4.68. The van der Waals surface area contributed by atoms with Gasteiger partial charge >= 0.3 is 0 Å². The summed E-state index contributed by atoms with van der Waals surface area (Å²) in [7, 11) is 0. The number of rotatable bonds is 3. The van der Waals surface area contributed by atoms with Crippen LogP contribution in [0, 0.1) is 0 Å². The van der Waals surface area contributed by atoms with Gasteiger partial charge in [0, 0.05) is 63.7 Å². The fraction of sp³-hybridized carbons (Fsp3) is 0.650. The first kappa shape index (κ1) is 16.4. The van der Waals surface area contributed by atoms with Crippen molar-refractivity contribution in [2.75, 3.05) is 44.2 Å². The van der Waals surface area contributed by atoms with Crippen LogP contribution in [0.1, 0.15) is 32.1 Å². The molecule has 0 atom stereocenters. The first-order valence-electron chi connectivity index (χ1n) is 10.2. The molecule has 2 aromatic rings. The summed E-state index contributed by atoms with van der Waals surface area (Å²) in [5.74, 6) is 1.04. The summed E-state index contributed by atoms with van der Waals surface area (Å²) in [6, 6.07) is 5.66. The highest BCUT2D eigenvalue weighted by molar-refractivity contribution is 5.71. The fourth-order valence-electron chi connectivity index (χ4n) is 4.81. The topological polar surface area (TPSA) is 48.4 Å². The summed E-state index contributed by atoms with van der Waals surface area (Å²) in [4.78, 5) is 21.1. The molecule has 0 radical (unpaired) electrons. The van der Waals surface area contributed by atoms with E-state index in [-0.39, 0.29) is 0 Å². The first-order valence-corrected chi connectivity index (χ1v) is 10.2. The summed E-state index contributed by atoms with van der Waals surface area (Å²) < 4.78 is 0. The third-order valence-corrected chi connectivity index (χ3v) is 6.46. The summed E-state index contributed by atoms with van der Waals surface area (Å²) in [6.45, 7) is 7.14. The Morgan fingerprint density at radius 3 is 2.23 bits per heavy atom. The van der Waals surface area contributed by atoms with E-state index < -0.39 is 0 Å². The van der Waals surface area contributed by atoms with Gasteiger partial charge in [0.05, 0.1) is 0 Å². The van der Waals surface area contributed by atoms with Crippen molar-refractivity contribution in [3.63, 3.8) is 0 Å². The number of aromatic nitrogens is 3. The Morgan fingerprint density at radius 1 is 0.769 bits per heavy atom. The monoisotopic (exact) mass is 352 g/mol. The minimum absolute atomic E-state index is 0.683. The van der Waals surface area contributed by atoms with Gasteiger partial charge in [-0.15, -0.1) is 0 Å². The average Bonchev–Trinajstić information content (AvgIpc) is 2.68. The van der Waals surface area contributed by atoms with Crippen molar-refractivity contribution in [1.29, 1.82) is 0 Å². The van der Waals surface area contributed by atoms with Crippen LogP contribution in [0.15, 0.2) is 24.5 Å². The highest BCUT2D eigenvalue weighted by Crippen LogP contribution is 2.27. The molecule has 2 aromatic heterocycles. The van der Waals surface area contributed by atoms with Crippen LogP contribution in [0.3, 0.4) is 0 Å². The summed E-state index contributed by atoms with van der Waals surface area (Å²) in [5, 5.41) is 0. The van der Waals surface area contributed by atoms with Gasteiger partial charge in [0.25, 0.3) is 0 Å². The van der Waals surface area contributed by atoms with Gasteiger partial charge in [-0.3, -0.25) is 14.8 Å². The van der Waals surface area contributed by atoms with E-state index in [1.54, 1.807) is 12.4 Å². The molecule has 0 bridgehead atoms. The fourth-order valence-corrected chi connectivity index (χ4v) is 4.81. The Kier molecular flexibility index (Phi) is 4.46. The molecule has 0 spiro atoms. The van der Waals surface area contributed by atoms with E-state index in [9.17, 15) is 0 Å². The van der Waals surface area contributed by atoms with E-state index in [4.69, 9.17) is 0 Å². The number of pyridine rings is 1. The first-order chi connectivity index (χ1) is 12.9. The molecule has 6 nitrogen and oxygen atoms in total. The highest BCUT2D eigenvalue weighted by atomic mass is 15.4. The minimum Gasteiger partial charge on any atom is -0.353 e. The smallest absolute Gasteiger partial charge is 0.180 e. The minimum atomic E-state index is 0.683. The predicted octanol–water partition coefficient (Wildman–Crippen LogP) is 2.16. The lowest BCUT2D eigenvalue weighted by molar-refractivity contribution is 0.0487. The molecular weight excluding hydrogens is 324 g/mol. The zero-order valence-corrected chi connectivity index (χ0v) is 15.4. The van der Waals surface area contributed by atoms with Crippen LogP contribution in [0.5, 0.6) is 0 Å². The lowest BCUT2D eigenvalue weighted by Crippen LogP contribution is -2.64. The van der Waals surface area contributed by atoms with Gasteiger partial charge in [-0.1, -0.05) is 19.3 Å². The zero-order chi connectivity index (χ0) is 17.3. The highest BCUT2D eigenvalue weighted by Gasteiger charge is 2.35. The Bertz CT molecular complexity index is 745. The second kappa shape index (κ2) is 7.08. The van der Waals surface area contributed by atoms with Crippen molar-refractivity contribution in [2.45, 2.75) is 44.2 Å². The molecule has 0 aromatic carbocycles. The SMILES string of the molecule is c1cnc2nc(N3CC(N4CCN(C5CCCCC5)CC4)C3)ccc2n1. The summed E-state index contributed by atoms with van der Waals surface area (Å²) in [5.41, 5.74) is 1.61. The lowest BCUT2D eigenvalue weighted by atomic mass is 9.93.